The van der Waals surface area contributed by atoms with E-state index in [1.54, 1.807) is 0 Å². The molecule has 5 aromatic rings. The first kappa shape index (κ1) is 40.2. The Bertz CT molecular complexity index is 2130. The lowest BCUT2D eigenvalue weighted by molar-refractivity contribution is -0.128. The van der Waals surface area contributed by atoms with Crippen molar-refractivity contribution in [3.8, 4) is 6.01 Å². The van der Waals surface area contributed by atoms with Gasteiger partial charge in [0.2, 0.25) is 5.91 Å². The number of likely N-dealkylation sites (N-methyl/N-ethyl adjacent to an activating group) is 1. The molecule has 2 aliphatic heterocycles. The first-order valence-electron chi connectivity index (χ1n) is 20.3. The molecule has 0 spiro atoms. The summed E-state index contributed by atoms with van der Waals surface area (Å²) in [6, 6.07) is 34.9. The van der Waals surface area contributed by atoms with Crippen molar-refractivity contribution in [1.82, 2.24) is 19.8 Å². The van der Waals surface area contributed by atoms with Crippen LogP contribution in [0.3, 0.4) is 0 Å². The Labute approximate surface area is 340 Å². The zero-order chi connectivity index (χ0) is 40.2. The molecular formula is C47H58N6O3Si. The van der Waals surface area contributed by atoms with E-state index >= 15 is 0 Å². The number of aromatic nitrogens is 2. The monoisotopic (exact) mass is 782 g/mol. The standard InChI is InChI=1S/C47H58N6O3Si/c1-8-44(54)53-27-26-52(33-37(53)24-29-56-57(47(3,4)5,38-18-11-9-12-19-38)39-20-13-10-14-21-39)45-41-23-25-51(34-42(41)48-46(49-45)55-30-28-50(6)7)43-32-35(2)31-36-17-15-16-22-40(36)43/h8-22,31-32,37H,1,23-30,33-34H2,2-7H3. The Kier molecular flexibility index (Phi) is 12.1. The van der Waals surface area contributed by atoms with Crippen LogP contribution in [-0.4, -0.2) is 100 Å². The molecular weight excluding hydrogens is 725 g/mol. The van der Waals surface area contributed by atoms with Crippen LogP contribution in [0.1, 0.15) is 44.0 Å². The van der Waals surface area contributed by atoms with Gasteiger partial charge in [-0.2, -0.15) is 9.97 Å². The van der Waals surface area contributed by atoms with E-state index in [0.717, 1.165) is 36.6 Å². The maximum Gasteiger partial charge on any atom is 0.318 e. The largest absolute Gasteiger partial charge is 0.462 e. The van der Waals surface area contributed by atoms with E-state index in [1.807, 2.05) is 19.0 Å². The Hall–Kier alpha value is -5.03. The van der Waals surface area contributed by atoms with E-state index in [1.165, 1.54) is 38.5 Å². The summed E-state index contributed by atoms with van der Waals surface area (Å²) in [7, 11) is 1.31. The molecule has 1 fully saturated rings. The van der Waals surface area contributed by atoms with Crippen LogP contribution in [0.2, 0.25) is 5.04 Å². The van der Waals surface area contributed by atoms with E-state index in [0.29, 0.717) is 51.8 Å². The molecule has 1 unspecified atom stereocenters. The Morgan fingerprint density at radius 1 is 0.895 bits per heavy atom. The van der Waals surface area contributed by atoms with Gasteiger partial charge in [0.05, 0.1) is 18.3 Å². The number of carbonyl (C=O) groups excluding carboxylic acids is 1. The van der Waals surface area contributed by atoms with Crippen molar-refractivity contribution >= 4 is 46.9 Å². The summed E-state index contributed by atoms with van der Waals surface area (Å²) in [6.45, 7) is 18.0. The molecule has 57 heavy (non-hydrogen) atoms. The van der Waals surface area contributed by atoms with E-state index in [9.17, 15) is 4.79 Å². The van der Waals surface area contributed by atoms with Gasteiger partial charge in [-0.3, -0.25) is 4.79 Å². The second-order valence-electron chi connectivity index (χ2n) is 16.7. The van der Waals surface area contributed by atoms with Crippen LogP contribution < -0.4 is 24.9 Å². The minimum Gasteiger partial charge on any atom is -0.462 e. The van der Waals surface area contributed by atoms with Crippen LogP contribution in [0, 0.1) is 6.92 Å². The maximum absolute atomic E-state index is 13.4. The van der Waals surface area contributed by atoms with E-state index in [-0.39, 0.29) is 17.0 Å². The van der Waals surface area contributed by atoms with Crippen molar-refractivity contribution in [3.63, 3.8) is 0 Å². The number of hydrogen-bond acceptors (Lipinski definition) is 8. The molecule has 7 rings (SSSR count). The molecule has 298 valence electrons. The predicted octanol–water partition coefficient (Wildman–Crippen LogP) is 6.61. The molecule has 0 aliphatic carbocycles. The number of rotatable bonds is 13. The third kappa shape index (κ3) is 8.49. The van der Waals surface area contributed by atoms with Gasteiger partial charge in [-0.05, 0) is 72.4 Å². The van der Waals surface area contributed by atoms with Crippen LogP contribution in [0.15, 0.2) is 110 Å². The lowest BCUT2D eigenvalue weighted by atomic mass is 10.00. The number of hydrogen-bond donors (Lipinski definition) is 0. The molecule has 9 nitrogen and oxygen atoms in total. The third-order valence-corrected chi connectivity index (χ3v) is 16.6. The van der Waals surface area contributed by atoms with Gasteiger partial charge in [-0.25, -0.2) is 0 Å². The Morgan fingerprint density at radius 3 is 2.25 bits per heavy atom. The average molecular weight is 783 g/mol. The SMILES string of the molecule is C=CC(=O)N1CCN(c2nc(OCCN(C)C)nc3c2CCN(c2cc(C)cc4ccccc24)C3)CC1CCO[Si](c1ccccc1)(c1ccccc1)C(C)(C)C. The molecule has 0 N–H and O–H groups in total. The number of carbonyl (C=O) groups is 1. The van der Waals surface area contributed by atoms with Gasteiger partial charge in [0.15, 0.2) is 0 Å². The van der Waals surface area contributed by atoms with Crippen LogP contribution >= 0.6 is 0 Å². The fraction of sp³-hybridized carbons (Fsp3) is 0.383. The molecule has 0 bridgehead atoms. The minimum absolute atomic E-state index is 0.0523. The smallest absolute Gasteiger partial charge is 0.318 e. The minimum atomic E-state index is -2.76. The molecule has 2 aliphatic rings. The number of anilines is 2. The number of amides is 1. The molecule has 1 aromatic heterocycles. The lowest BCUT2D eigenvalue weighted by Crippen LogP contribution is -2.67. The predicted molar refractivity (Wildman–Crippen MR) is 236 cm³/mol. The van der Waals surface area contributed by atoms with E-state index < -0.39 is 8.32 Å². The summed E-state index contributed by atoms with van der Waals surface area (Å²) in [6.07, 6.45) is 2.92. The maximum atomic E-state index is 13.4. The fourth-order valence-electron chi connectivity index (χ4n) is 8.75. The molecule has 4 aromatic carbocycles. The van der Waals surface area contributed by atoms with Crippen molar-refractivity contribution in [2.24, 2.45) is 0 Å². The number of benzene rings is 4. The van der Waals surface area contributed by atoms with Crippen molar-refractivity contribution in [2.45, 2.75) is 58.2 Å². The molecule has 3 heterocycles. The van der Waals surface area contributed by atoms with E-state index in [4.69, 9.17) is 19.1 Å². The van der Waals surface area contributed by atoms with Crippen molar-refractivity contribution in [3.05, 3.63) is 127 Å². The quantitative estimate of drug-likeness (QED) is 0.0977. The van der Waals surface area contributed by atoms with Crippen molar-refractivity contribution in [2.75, 3.05) is 69.8 Å². The number of piperazine rings is 1. The van der Waals surface area contributed by atoms with Gasteiger partial charge in [-0.1, -0.05) is 118 Å². The highest BCUT2D eigenvalue weighted by Gasteiger charge is 2.50. The highest BCUT2D eigenvalue weighted by Crippen LogP contribution is 2.38. The third-order valence-electron chi connectivity index (χ3n) is 11.5. The van der Waals surface area contributed by atoms with Crippen LogP contribution in [-0.2, 0) is 22.2 Å². The van der Waals surface area contributed by atoms with Gasteiger partial charge < -0.3 is 28.8 Å². The number of ether oxygens (including phenoxy) is 1. The number of nitrogens with zero attached hydrogens (tertiary/aromatic N) is 6. The highest BCUT2D eigenvalue weighted by atomic mass is 28.4. The van der Waals surface area contributed by atoms with Gasteiger partial charge in [0.25, 0.3) is 8.32 Å². The second-order valence-corrected chi connectivity index (χ2v) is 21.0. The van der Waals surface area contributed by atoms with Crippen LogP contribution in [0.4, 0.5) is 11.5 Å². The van der Waals surface area contributed by atoms with Gasteiger partial charge in [0.1, 0.15) is 12.4 Å². The van der Waals surface area contributed by atoms with Gasteiger partial charge in [0, 0.05) is 56.0 Å². The molecule has 10 heteroatoms. The Balaban J connectivity index is 1.19. The molecule has 1 amide bonds. The number of fused-ring (bicyclic) bond motifs is 2. The summed E-state index contributed by atoms with van der Waals surface area (Å²) in [5.74, 6) is 0.862. The first-order valence-corrected chi connectivity index (χ1v) is 22.2. The first-order chi connectivity index (χ1) is 27.5. The van der Waals surface area contributed by atoms with Crippen LogP contribution in [0.25, 0.3) is 10.8 Å². The zero-order valence-electron chi connectivity index (χ0n) is 34.6. The average Bonchev–Trinajstić information content (AvgIpc) is 3.21. The highest BCUT2D eigenvalue weighted by molar-refractivity contribution is 6.99. The van der Waals surface area contributed by atoms with Crippen molar-refractivity contribution in [1.29, 1.82) is 0 Å². The van der Waals surface area contributed by atoms with Crippen molar-refractivity contribution < 1.29 is 14.0 Å². The number of aryl methyl sites for hydroxylation is 1. The molecule has 1 saturated heterocycles. The molecule has 0 radical (unpaired) electrons. The summed E-state index contributed by atoms with van der Waals surface area (Å²) in [5, 5.41) is 4.83. The molecule has 1 atom stereocenters. The summed E-state index contributed by atoms with van der Waals surface area (Å²) >= 11 is 0. The summed E-state index contributed by atoms with van der Waals surface area (Å²) in [4.78, 5) is 32.5. The van der Waals surface area contributed by atoms with Gasteiger partial charge in [-0.15, -0.1) is 0 Å². The summed E-state index contributed by atoms with van der Waals surface area (Å²) < 4.78 is 13.6. The molecule has 0 saturated carbocycles. The Morgan fingerprint density at radius 2 is 1.58 bits per heavy atom. The topological polar surface area (TPSA) is 74.3 Å². The summed E-state index contributed by atoms with van der Waals surface area (Å²) in [5.41, 5.74) is 4.62. The van der Waals surface area contributed by atoms with E-state index in [2.05, 4.69) is 146 Å². The van der Waals surface area contributed by atoms with Gasteiger partial charge >= 0.3 is 6.01 Å². The normalized spacial score (nSPS) is 16.2. The van der Waals surface area contributed by atoms with Crippen LogP contribution in [0.5, 0.6) is 6.01 Å². The zero-order valence-corrected chi connectivity index (χ0v) is 35.6. The lowest BCUT2D eigenvalue weighted by Gasteiger charge is -2.45. The second kappa shape index (κ2) is 17.2. The fourth-order valence-corrected chi connectivity index (χ4v) is 13.3.